The Kier molecular flexibility index (Phi) is 1.96. The molecule has 14 heavy (non-hydrogen) atoms. The van der Waals surface area contributed by atoms with E-state index in [-0.39, 0.29) is 6.42 Å². The van der Waals surface area contributed by atoms with Crippen LogP contribution in [0, 0.1) is 6.92 Å². The number of carbonyl (C=O) groups is 1. The predicted octanol–water partition coefficient (Wildman–Crippen LogP) is 1.76. The minimum atomic E-state index is -0.912. The molecule has 0 aliphatic heterocycles. The van der Waals surface area contributed by atoms with Gasteiger partial charge in [0.25, 0.3) is 0 Å². The van der Waals surface area contributed by atoms with Gasteiger partial charge in [0, 0.05) is 5.39 Å². The number of rotatable bonds is 2. The van der Waals surface area contributed by atoms with E-state index in [1.165, 1.54) is 0 Å². The smallest absolute Gasteiger partial charge is 0.311 e. The summed E-state index contributed by atoms with van der Waals surface area (Å²) in [5, 5.41) is 13.2. The van der Waals surface area contributed by atoms with Gasteiger partial charge in [-0.1, -0.05) is 16.8 Å². The van der Waals surface area contributed by atoms with E-state index in [1.807, 2.05) is 25.1 Å². The third-order valence-electron chi connectivity index (χ3n) is 2.02. The molecule has 0 unspecified atom stereocenters. The fourth-order valence-electron chi connectivity index (χ4n) is 1.37. The van der Waals surface area contributed by atoms with Gasteiger partial charge in [0.05, 0.1) is 0 Å². The van der Waals surface area contributed by atoms with Gasteiger partial charge in [-0.15, -0.1) is 0 Å². The van der Waals surface area contributed by atoms with E-state index in [4.69, 9.17) is 9.63 Å². The number of aliphatic carboxylic acids is 1. The van der Waals surface area contributed by atoms with Crippen molar-refractivity contribution < 1.29 is 14.4 Å². The SMILES string of the molecule is Cc1ccc2noc(CC(=O)O)c2c1. The molecule has 1 aromatic heterocycles. The van der Waals surface area contributed by atoms with Gasteiger partial charge in [-0.2, -0.15) is 0 Å². The normalized spacial score (nSPS) is 10.6. The summed E-state index contributed by atoms with van der Waals surface area (Å²) >= 11 is 0. The highest BCUT2D eigenvalue weighted by atomic mass is 16.5. The van der Waals surface area contributed by atoms with E-state index < -0.39 is 5.97 Å². The number of carboxylic acids is 1. The van der Waals surface area contributed by atoms with Crippen molar-refractivity contribution in [1.29, 1.82) is 0 Å². The Morgan fingerprint density at radius 2 is 2.36 bits per heavy atom. The molecule has 0 fully saturated rings. The van der Waals surface area contributed by atoms with Crippen LogP contribution in [0.15, 0.2) is 22.7 Å². The average molecular weight is 191 g/mol. The maximum Gasteiger partial charge on any atom is 0.311 e. The first kappa shape index (κ1) is 8.74. The number of nitrogens with zero attached hydrogens (tertiary/aromatic N) is 1. The highest BCUT2D eigenvalue weighted by Gasteiger charge is 2.11. The first-order valence-electron chi connectivity index (χ1n) is 4.23. The van der Waals surface area contributed by atoms with Crippen molar-refractivity contribution >= 4 is 16.9 Å². The predicted molar refractivity (Wildman–Crippen MR) is 50.1 cm³/mol. The van der Waals surface area contributed by atoms with Crippen molar-refractivity contribution in [3.63, 3.8) is 0 Å². The summed E-state index contributed by atoms with van der Waals surface area (Å²) in [6.45, 7) is 1.94. The summed E-state index contributed by atoms with van der Waals surface area (Å²) in [5.74, 6) is -0.499. The summed E-state index contributed by atoms with van der Waals surface area (Å²) in [5.41, 5.74) is 1.76. The van der Waals surface area contributed by atoms with E-state index in [9.17, 15) is 4.79 Å². The van der Waals surface area contributed by atoms with Crippen LogP contribution in [0.5, 0.6) is 0 Å². The molecule has 0 aliphatic carbocycles. The van der Waals surface area contributed by atoms with Gasteiger partial charge in [-0.3, -0.25) is 4.79 Å². The Balaban J connectivity index is 2.55. The number of fused-ring (bicyclic) bond motifs is 1. The molecule has 0 saturated carbocycles. The maximum absolute atomic E-state index is 10.5. The Labute approximate surface area is 80.1 Å². The fraction of sp³-hybridized carbons (Fsp3) is 0.200. The van der Waals surface area contributed by atoms with Crippen LogP contribution in [0.4, 0.5) is 0 Å². The molecule has 4 nitrogen and oxygen atoms in total. The molecule has 2 rings (SSSR count). The van der Waals surface area contributed by atoms with Crippen molar-refractivity contribution in [1.82, 2.24) is 5.16 Å². The lowest BCUT2D eigenvalue weighted by Crippen LogP contribution is -1.98. The highest BCUT2D eigenvalue weighted by molar-refractivity contribution is 5.84. The van der Waals surface area contributed by atoms with Crippen molar-refractivity contribution in [3.05, 3.63) is 29.5 Å². The lowest BCUT2D eigenvalue weighted by Gasteiger charge is -1.92. The number of hydrogen-bond donors (Lipinski definition) is 1. The number of benzene rings is 1. The first-order valence-corrected chi connectivity index (χ1v) is 4.23. The Morgan fingerprint density at radius 3 is 3.07 bits per heavy atom. The average Bonchev–Trinajstić information content (AvgIpc) is 2.47. The van der Waals surface area contributed by atoms with E-state index >= 15 is 0 Å². The third-order valence-corrected chi connectivity index (χ3v) is 2.02. The van der Waals surface area contributed by atoms with Crippen molar-refractivity contribution in [2.45, 2.75) is 13.3 Å². The van der Waals surface area contributed by atoms with Crippen LogP contribution in [0.25, 0.3) is 10.9 Å². The zero-order valence-electron chi connectivity index (χ0n) is 7.65. The Morgan fingerprint density at radius 1 is 1.57 bits per heavy atom. The Bertz CT molecular complexity index is 487. The summed E-state index contributed by atoms with van der Waals surface area (Å²) in [7, 11) is 0. The van der Waals surface area contributed by atoms with Crippen LogP contribution in [-0.4, -0.2) is 16.2 Å². The first-order chi connectivity index (χ1) is 6.66. The molecular formula is C10H9NO3. The second-order valence-corrected chi connectivity index (χ2v) is 3.20. The molecule has 72 valence electrons. The third kappa shape index (κ3) is 1.46. The minimum Gasteiger partial charge on any atom is -0.481 e. The van der Waals surface area contributed by atoms with Crippen molar-refractivity contribution in [3.8, 4) is 0 Å². The second kappa shape index (κ2) is 3.14. The zero-order chi connectivity index (χ0) is 10.1. The lowest BCUT2D eigenvalue weighted by atomic mass is 10.1. The number of carboxylic acid groups (broad SMARTS) is 1. The van der Waals surface area contributed by atoms with E-state index in [2.05, 4.69) is 5.16 Å². The lowest BCUT2D eigenvalue weighted by molar-refractivity contribution is -0.136. The monoisotopic (exact) mass is 191 g/mol. The van der Waals surface area contributed by atoms with Gasteiger partial charge < -0.3 is 9.63 Å². The highest BCUT2D eigenvalue weighted by Crippen LogP contribution is 2.19. The maximum atomic E-state index is 10.5. The molecule has 2 aromatic rings. The minimum absolute atomic E-state index is 0.125. The molecule has 0 bridgehead atoms. The van der Waals surface area contributed by atoms with Gasteiger partial charge in [0.2, 0.25) is 0 Å². The molecule has 0 atom stereocenters. The molecule has 1 heterocycles. The fourth-order valence-corrected chi connectivity index (χ4v) is 1.37. The molecule has 0 radical (unpaired) electrons. The van der Waals surface area contributed by atoms with Gasteiger partial charge in [-0.05, 0) is 19.1 Å². The van der Waals surface area contributed by atoms with E-state index in [0.29, 0.717) is 11.3 Å². The van der Waals surface area contributed by atoms with E-state index in [1.54, 1.807) is 0 Å². The van der Waals surface area contributed by atoms with Crippen LogP contribution < -0.4 is 0 Å². The number of hydrogen-bond acceptors (Lipinski definition) is 3. The van der Waals surface area contributed by atoms with Crippen molar-refractivity contribution in [2.24, 2.45) is 0 Å². The molecule has 4 heteroatoms. The van der Waals surface area contributed by atoms with Crippen molar-refractivity contribution in [2.75, 3.05) is 0 Å². The molecular weight excluding hydrogens is 182 g/mol. The van der Waals surface area contributed by atoms with Gasteiger partial charge >= 0.3 is 5.97 Å². The molecule has 0 saturated heterocycles. The number of aryl methyl sites for hydroxylation is 1. The second-order valence-electron chi connectivity index (χ2n) is 3.20. The van der Waals surface area contributed by atoms with Gasteiger partial charge in [-0.25, -0.2) is 0 Å². The van der Waals surface area contributed by atoms with Gasteiger partial charge in [0.1, 0.15) is 11.9 Å². The zero-order valence-corrected chi connectivity index (χ0v) is 7.65. The standard InChI is InChI=1S/C10H9NO3/c1-6-2-3-8-7(4-6)9(14-11-8)5-10(12)13/h2-4H,5H2,1H3,(H,12,13). The molecule has 0 spiro atoms. The van der Waals surface area contributed by atoms with Crippen LogP contribution in [0.1, 0.15) is 11.3 Å². The van der Waals surface area contributed by atoms with Crippen LogP contribution in [0.2, 0.25) is 0 Å². The van der Waals surface area contributed by atoms with Gasteiger partial charge in [0.15, 0.2) is 5.76 Å². The topological polar surface area (TPSA) is 63.3 Å². The summed E-state index contributed by atoms with van der Waals surface area (Å²) in [6, 6.07) is 5.61. The van der Waals surface area contributed by atoms with Crippen LogP contribution >= 0.6 is 0 Å². The quantitative estimate of drug-likeness (QED) is 0.785. The molecule has 0 amide bonds. The van der Waals surface area contributed by atoms with Crippen LogP contribution in [0.3, 0.4) is 0 Å². The molecule has 0 aliphatic rings. The molecule has 1 N–H and O–H groups in total. The summed E-state index contributed by atoms with van der Waals surface area (Å²) in [6.07, 6.45) is -0.125. The molecule has 1 aromatic carbocycles. The number of aromatic nitrogens is 1. The summed E-state index contributed by atoms with van der Waals surface area (Å²) < 4.78 is 4.95. The summed E-state index contributed by atoms with van der Waals surface area (Å²) in [4.78, 5) is 10.5. The van der Waals surface area contributed by atoms with Crippen LogP contribution in [-0.2, 0) is 11.2 Å². The largest absolute Gasteiger partial charge is 0.481 e. The Hall–Kier alpha value is -1.84. The van der Waals surface area contributed by atoms with E-state index in [0.717, 1.165) is 10.9 Å².